The molecule has 1 aliphatic carbocycles. The summed E-state index contributed by atoms with van der Waals surface area (Å²) in [5.74, 6) is -6.96. The maximum absolute atomic E-state index is 13.2. The average Bonchev–Trinajstić information content (AvgIpc) is 2.36. The van der Waals surface area contributed by atoms with E-state index in [2.05, 4.69) is 0 Å². The quantitative estimate of drug-likeness (QED) is 0.650. The first-order valence-electron chi connectivity index (χ1n) is 6.03. The van der Waals surface area contributed by atoms with E-state index in [0.717, 1.165) is 12.1 Å². The minimum atomic E-state index is -2.77. The van der Waals surface area contributed by atoms with Gasteiger partial charge in [0.05, 0.1) is 0 Å². The highest BCUT2D eigenvalue weighted by Crippen LogP contribution is 2.45. The average molecular weight is 279 g/mol. The molecular weight excluding hydrogens is 265 g/mol. The second-order valence-electron chi connectivity index (χ2n) is 5.09. The zero-order valence-corrected chi connectivity index (χ0v) is 10.2. The van der Waals surface area contributed by atoms with Crippen molar-refractivity contribution in [3.05, 3.63) is 35.1 Å². The summed E-state index contributed by atoms with van der Waals surface area (Å²) in [6, 6.07) is 1.71. The molecule has 2 N–H and O–H groups in total. The highest BCUT2D eigenvalue weighted by molar-refractivity contribution is 5.29. The maximum Gasteiger partial charge on any atom is 0.248 e. The monoisotopic (exact) mass is 279 g/mol. The Kier molecular flexibility index (Phi) is 3.55. The lowest BCUT2D eigenvalue weighted by Crippen LogP contribution is -2.42. The van der Waals surface area contributed by atoms with E-state index in [4.69, 9.17) is 5.73 Å². The molecule has 0 aliphatic heterocycles. The van der Waals surface area contributed by atoms with Crippen LogP contribution in [0.25, 0.3) is 0 Å². The van der Waals surface area contributed by atoms with E-state index in [0.29, 0.717) is 0 Å². The van der Waals surface area contributed by atoms with Gasteiger partial charge in [-0.05, 0) is 30.5 Å². The van der Waals surface area contributed by atoms with Crippen LogP contribution in [0.4, 0.5) is 22.0 Å². The van der Waals surface area contributed by atoms with Gasteiger partial charge in [0.1, 0.15) is 0 Å². The molecule has 0 spiro atoms. The molecule has 1 aliphatic rings. The Morgan fingerprint density at radius 1 is 0.947 bits per heavy atom. The molecule has 1 saturated carbocycles. The van der Waals surface area contributed by atoms with Crippen molar-refractivity contribution in [1.82, 2.24) is 0 Å². The molecular formula is C13H14F5N. The second-order valence-corrected chi connectivity index (χ2v) is 5.09. The van der Waals surface area contributed by atoms with E-state index in [-0.39, 0.29) is 37.8 Å². The summed E-state index contributed by atoms with van der Waals surface area (Å²) in [6.45, 7) is -0.00636. The summed E-state index contributed by atoms with van der Waals surface area (Å²) >= 11 is 0. The van der Waals surface area contributed by atoms with Crippen LogP contribution in [0.5, 0.6) is 0 Å². The first-order chi connectivity index (χ1) is 8.80. The fraction of sp³-hybridized carbons (Fsp3) is 0.538. The highest BCUT2D eigenvalue weighted by atomic mass is 19.3. The Hall–Kier alpha value is -1.17. The number of nitrogens with two attached hydrogens (primary N) is 1. The van der Waals surface area contributed by atoms with Crippen LogP contribution in [0, 0.1) is 17.5 Å². The van der Waals surface area contributed by atoms with Crippen LogP contribution in [0.1, 0.15) is 31.2 Å². The predicted octanol–water partition coefficient (Wildman–Crippen LogP) is 3.51. The molecule has 106 valence electrons. The lowest BCUT2D eigenvalue weighted by Gasteiger charge is -2.39. The topological polar surface area (TPSA) is 26.0 Å². The number of hydrogen-bond acceptors (Lipinski definition) is 1. The molecule has 0 saturated heterocycles. The van der Waals surface area contributed by atoms with Crippen molar-refractivity contribution in [1.29, 1.82) is 0 Å². The van der Waals surface area contributed by atoms with Crippen LogP contribution in [-0.4, -0.2) is 12.5 Å². The van der Waals surface area contributed by atoms with E-state index < -0.39 is 28.8 Å². The van der Waals surface area contributed by atoms with Gasteiger partial charge in [0, 0.05) is 24.8 Å². The highest BCUT2D eigenvalue weighted by Gasteiger charge is 2.44. The fourth-order valence-corrected chi connectivity index (χ4v) is 2.57. The van der Waals surface area contributed by atoms with Crippen LogP contribution in [-0.2, 0) is 5.41 Å². The lowest BCUT2D eigenvalue weighted by molar-refractivity contribution is -0.0509. The first-order valence-corrected chi connectivity index (χ1v) is 6.03. The number of alkyl halides is 2. The second kappa shape index (κ2) is 4.74. The van der Waals surface area contributed by atoms with E-state index in [1.165, 1.54) is 0 Å². The molecule has 0 bridgehead atoms. The summed E-state index contributed by atoms with van der Waals surface area (Å²) in [5.41, 5.74) is 4.86. The Labute approximate surface area is 107 Å². The molecule has 0 aromatic heterocycles. The molecule has 0 atom stereocenters. The molecule has 1 aromatic carbocycles. The Morgan fingerprint density at radius 3 is 1.84 bits per heavy atom. The van der Waals surface area contributed by atoms with Crippen LogP contribution >= 0.6 is 0 Å². The van der Waals surface area contributed by atoms with Crippen LogP contribution < -0.4 is 5.73 Å². The predicted molar refractivity (Wildman–Crippen MR) is 60.5 cm³/mol. The Balaban J connectivity index is 2.38. The summed E-state index contributed by atoms with van der Waals surface area (Å²) in [4.78, 5) is 0. The molecule has 0 heterocycles. The van der Waals surface area contributed by atoms with Gasteiger partial charge in [-0.25, -0.2) is 22.0 Å². The zero-order valence-electron chi connectivity index (χ0n) is 10.2. The molecule has 1 nitrogen and oxygen atoms in total. The Bertz CT molecular complexity index is 453. The Morgan fingerprint density at radius 2 is 1.42 bits per heavy atom. The third-order valence-corrected chi connectivity index (χ3v) is 3.93. The number of rotatable bonds is 2. The van der Waals surface area contributed by atoms with Gasteiger partial charge in [-0.3, -0.25) is 0 Å². The molecule has 0 unspecified atom stereocenters. The minimum Gasteiger partial charge on any atom is -0.330 e. The molecule has 19 heavy (non-hydrogen) atoms. The van der Waals surface area contributed by atoms with Gasteiger partial charge in [0.15, 0.2) is 17.5 Å². The van der Waals surface area contributed by atoms with Gasteiger partial charge in [-0.2, -0.15) is 0 Å². The van der Waals surface area contributed by atoms with E-state index in [9.17, 15) is 22.0 Å². The molecule has 0 amide bonds. The number of halogens is 5. The van der Waals surface area contributed by atoms with Crippen LogP contribution in [0.3, 0.4) is 0 Å². The van der Waals surface area contributed by atoms with Crippen molar-refractivity contribution in [3.63, 3.8) is 0 Å². The zero-order chi connectivity index (χ0) is 14.3. The third kappa shape index (κ3) is 2.59. The van der Waals surface area contributed by atoms with Crippen molar-refractivity contribution in [3.8, 4) is 0 Å². The van der Waals surface area contributed by atoms with Gasteiger partial charge in [-0.1, -0.05) is 0 Å². The SMILES string of the molecule is NCC1(c2cc(F)c(F)c(F)c2)CCC(F)(F)CC1. The normalized spacial score (nSPS) is 21.4. The standard InChI is InChI=1S/C13H14F5N/c14-9-5-8(6-10(15)11(9)16)12(7-19)1-3-13(17,18)4-2-12/h5-6H,1-4,7,19H2. The van der Waals surface area contributed by atoms with Gasteiger partial charge in [-0.15, -0.1) is 0 Å². The summed E-state index contributed by atoms with van der Waals surface area (Å²) in [7, 11) is 0. The van der Waals surface area contributed by atoms with Gasteiger partial charge in [0.25, 0.3) is 0 Å². The lowest BCUT2D eigenvalue weighted by atomic mass is 9.68. The van der Waals surface area contributed by atoms with Crippen molar-refractivity contribution < 1.29 is 22.0 Å². The maximum atomic E-state index is 13.2. The summed E-state index contributed by atoms with van der Waals surface area (Å²) in [5, 5.41) is 0. The molecule has 2 rings (SSSR count). The smallest absolute Gasteiger partial charge is 0.248 e. The third-order valence-electron chi connectivity index (χ3n) is 3.93. The van der Waals surface area contributed by atoms with Gasteiger partial charge < -0.3 is 5.73 Å². The van der Waals surface area contributed by atoms with Crippen molar-refractivity contribution >= 4 is 0 Å². The van der Waals surface area contributed by atoms with Crippen molar-refractivity contribution in [2.45, 2.75) is 37.0 Å². The van der Waals surface area contributed by atoms with Crippen molar-refractivity contribution in [2.75, 3.05) is 6.54 Å². The summed E-state index contributed by atoms with van der Waals surface area (Å²) in [6.07, 6.45) is -0.711. The molecule has 1 aromatic rings. The number of benzene rings is 1. The van der Waals surface area contributed by atoms with Crippen molar-refractivity contribution in [2.24, 2.45) is 5.73 Å². The molecule has 0 radical (unpaired) electrons. The van der Waals surface area contributed by atoms with Gasteiger partial charge in [0.2, 0.25) is 5.92 Å². The number of hydrogen-bond donors (Lipinski definition) is 1. The van der Waals surface area contributed by atoms with Crippen LogP contribution in [0.15, 0.2) is 12.1 Å². The minimum absolute atomic E-state index is 0.00636. The first kappa shape index (κ1) is 14.2. The van der Waals surface area contributed by atoms with E-state index >= 15 is 0 Å². The molecule has 6 heteroatoms. The summed E-state index contributed by atoms with van der Waals surface area (Å²) < 4.78 is 65.8. The van der Waals surface area contributed by atoms with Gasteiger partial charge >= 0.3 is 0 Å². The fourth-order valence-electron chi connectivity index (χ4n) is 2.57. The van der Waals surface area contributed by atoms with E-state index in [1.54, 1.807) is 0 Å². The van der Waals surface area contributed by atoms with Crippen LogP contribution in [0.2, 0.25) is 0 Å². The molecule has 1 fully saturated rings. The largest absolute Gasteiger partial charge is 0.330 e. The van der Waals surface area contributed by atoms with E-state index in [1.807, 2.05) is 0 Å².